The van der Waals surface area contributed by atoms with Gasteiger partial charge >= 0.3 is 0 Å². The van der Waals surface area contributed by atoms with E-state index in [1.54, 1.807) is 36.8 Å². The number of amides is 2. The van der Waals surface area contributed by atoms with Gasteiger partial charge in [-0.05, 0) is 39.5 Å². The Labute approximate surface area is 228 Å². The fourth-order valence-corrected chi connectivity index (χ4v) is 7.04. The van der Waals surface area contributed by atoms with Crippen LogP contribution in [0.3, 0.4) is 0 Å². The molecule has 13 heteroatoms. The van der Waals surface area contributed by atoms with E-state index >= 15 is 0 Å². The maximum atomic E-state index is 14.0. The zero-order valence-corrected chi connectivity index (χ0v) is 22.9. The Morgan fingerprint density at radius 1 is 1.03 bits per heavy atom. The molecule has 204 valence electrons. The Hall–Kier alpha value is -2.84. The Bertz CT molecular complexity index is 1170. The molecule has 3 heterocycles. The summed E-state index contributed by atoms with van der Waals surface area (Å²) in [4.78, 5) is 61.7. The summed E-state index contributed by atoms with van der Waals surface area (Å²) >= 11 is 2.28. The number of thiazole rings is 2. The number of ketones is 2. The molecule has 6 atom stereocenters. The standard InChI is InChI=1S/C25H32N6O5S2/c1-12(32)17-21(36)30-16(20(35)31-17)10-15-4-5-24(18(33)22-28-6-8-37-22,19(34)23-29-7-9-38-23)11-25(15,13(2)26)14(3)27/h4-9,12-17,32H,10-11,26-27H2,1-3H3,(H,30,36)(H,31,35). The Balaban J connectivity index is 1.79. The second-order valence-electron chi connectivity index (χ2n) is 10.2. The lowest BCUT2D eigenvalue weighted by Gasteiger charge is -2.53. The zero-order chi connectivity index (χ0) is 27.8. The van der Waals surface area contributed by atoms with Crippen LogP contribution in [0.15, 0.2) is 35.3 Å². The molecule has 11 nitrogen and oxygen atoms in total. The first kappa shape index (κ1) is 28.2. The first-order valence-electron chi connectivity index (χ1n) is 12.3. The average molecular weight is 561 g/mol. The highest BCUT2D eigenvalue weighted by Crippen LogP contribution is 2.53. The molecule has 2 amide bonds. The fourth-order valence-electron chi connectivity index (χ4n) is 5.72. The molecule has 1 aliphatic heterocycles. The van der Waals surface area contributed by atoms with E-state index in [2.05, 4.69) is 20.6 Å². The van der Waals surface area contributed by atoms with E-state index in [9.17, 15) is 24.3 Å². The maximum Gasteiger partial charge on any atom is 0.245 e. The molecule has 0 saturated carbocycles. The highest BCUT2D eigenvalue weighted by molar-refractivity contribution is 7.12. The summed E-state index contributed by atoms with van der Waals surface area (Å²) in [5.41, 5.74) is 10.5. The normalized spacial score (nSPS) is 29.2. The van der Waals surface area contributed by atoms with E-state index in [0.29, 0.717) is 0 Å². The van der Waals surface area contributed by atoms with Crippen LogP contribution in [0.5, 0.6) is 0 Å². The van der Waals surface area contributed by atoms with Gasteiger partial charge in [0.25, 0.3) is 0 Å². The number of rotatable bonds is 9. The summed E-state index contributed by atoms with van der Waals surface area (Å²) < 4.78 is 0. The lowest BCUT2D eigenvalue weighted by molar-refractivity contribution is -0.140. The summed E-state index contributed by atoms with van der Waals surface area (Å²) in [5, 5.41) is 18.8. The van der Waals surface area contributed by atoms with Gasteiger partial charge in [-0.1, -0.05) is 12.2 Å². The van der Waals surface area contributed by atoms with Crippen LogP contribution in [0.25, 0.3) is 0 Å². The molecule has 4 rings (SSSR count). The number of nitrogens with one attached hydrogen (secondary N) is 2. The lowest BCUT2D eigenvalue weighted by Crippen LogP contribution is -2.66. The van der Waals surface area contributed by atoms with Crippen molar-refractivity contribution >= 4 is 46.1 Å². The monoisotopic (exact) mass is 560 g/mol. The van der Waals surface area contributed by atoms with Gasteiger partial charge in [-0.2, -0.15) is 0 Å². The fraction of sp³-hybridized carbons (Fsp3) is 0.520. The Kier molecular flexibility index (Phi) is 7.96. The van der Waals surface area contributed by atoms with Crippen molar-refractivity contribution in [2.75, 3.05) is 0 Å². The topological polar surface area (TPSA) is 190 Å². The largest absolute Gasteiger partial charge is 0.391 e. The third kappa shape index (κ3) is 4.73. The molecule has 7 N–H and O–H groups in total. The number of Topliss-reactive ketones (excluding diaryl/α,β-unsaturated/α-hetero) is 2. The summed E-state index contributed by atoms with van der Waals surface area (Å²) in [6.07, 6.45) is 5.37. The molecule has 2 aromatic heterocycles. The van der Waals surface area contributed by atoms with Crippen LogP contribution in [-0.4, -0.2) is 68.7 Å². The predicted octanol–water partition coefficient (Wildman–Crippen LogP) is 0.663. The van der Waals surface area contributed by atoms with Gasteiger partial charge in [0, 0.05) is 40.7 Å². The van der Waals surface area contributed by atoms with Gasteiger partial charge < -0.3 is 27.2 Å². The number of hydrogen-bond acceptors (Lipinski definition) is 11. The van der Waals surface area contributed by atoms with E-state index in [-0.39, 0.29) is 22.9 Å². The second-order valence-corrected chi connectivity index (χ2v) is 11.9. The number of hydrogen-bond donors (Lipinski definition) is 5. The predicted molar refractivity (Wildman–Crippen MR) is 142 cm³/mol. The molecule has 2 aromatic rings. The van der Waals surface area contributed by atoms with E-state index in [0.717, 1.165) is 22.7 Å². The van der Waals surface area contributed by atoms with Crippen LogP contribution in [0.4, 0.5) is 0 Å². The van der Waals surface area contributed by atoms with Crippen molar-refractivity contribution in [1.29, 1.82) is 0 Å². The number of aromatic nitrogens is 2. The number of carbonyl (C=O) groups excluding carboxylic acids is 4. The quantitative estimate of drug-likeness (QED) is 0.167. The van der Waals surface area contributed by atoms with Gasteiger partial charge in [0.1, 0.15) is 17.5 Å². The highest BCUT2D eigenvalue weighted by atomic mass is 32.1. The number of allylic oxidation sites excluding steroid dienone is 2. The van der Waals surface area contributed by atoms with Crippen LogP contribution in [-0.2, 0) is 9.59 Å². The SMILES string of the molecule is CC(O)C1NC(=O)C(CC2C=CC(C(=O)c3nccs3)(C(=O)c3nccs3)CC2(C(C)N)C(C)N)NC1=O. The van der Waals surface area contributed by atoms with E-state index < -0.39 is 70.4 Å². The molecular formula is C25H32N6O5S2. The molecule has 0 spiro atoms. The minimum atomic E-state index is -1.65. The van der Waals surface area contributed by atoms with Gasteiger partial charge in [-0.25, -0.2) is 9.97 Å². The highest BCUT2D eigenvalue weighted by Gasteiger charge is 2.59. The summed E-state index contributed by atoms with van der Waals surface area (Å²) in [7, 11) is 0. The molecule has 38 heavy (non-hydrogen) atoms. The Morgan fingerprint density at radius 3 is 2.03 bits per heavy atom. The van der Waals surface area contributed by atoms with Gasteiger partial charge in [0.2, 0.25) is 23.4 Å². The van der Waals surface area contributed by atoms with Crippen molar-refractivity contribution in [3.8, 4) is 0 Å². The maximum absolute atomic E-state index is 14.0. The van der Waals surface area contributed by atoms with Crippen molar-refractivity contribution < 1.29 is 24.3 Å². The number of aliphatic hydroxyl groups excluding tert-OH is 1. The molecule has 2 aliphatic rings. The molecule has 0 radical (unpaired) electrons. The van der Waals surface area contributed by atoms with E-state index in [1.165, 1.54) is 19.3 Å². The number of piperazine rings is 1. The first-order chi connectivity index (χ1) is 17.9. The lowest BCUT2D eigenvalue weighted by atomic mass is 9.52. The molecule has 0 bridgehead atoms. The molecular weight excluding hydrogens is 528 g/mol. The number of nitrogens with two attached hydrogens (primary N) is 2. The van der Waals surface area contributed by atoms with Gasteiger partial charge in [0.15, 0.2) is 10.0 Å². The van der Waals surface area contributed by atoms with Gasteiger partial charge in [0.05, 0.1) is 6.10 Å². The number of aliphatic hydroxyl groups is 1. The molecule has 1 fully saturated rings. The van der Waals surface area contributed by atoms with E-state index in [4.69, 9.17) is 11.5 Å². The second kappa shape index (κ2) is 10.7. The van der Waals surface area contributed by atoms with Crippen molar-refractivity contribution in [2.24, 2.45) is 28.2 Å². The Morgan fingerprint density at radius 2 is 1.58 bits per heavy atom. The van der Waals surface area contributed by atoms with Crippen molar-refractivity contribution in [3.05, 3.63) is 45.3 Å². The number of carbonyl (C=O) groups is 4. The van der Waals surface area contributed by atoms with Gasteiger partial charge in [-0.15, -0.1) is 22.7 Å². The third-order valence-electron chi connectivity index (χ3n) is 7.83. The molecule has 0 aromatic carbocycles. The van der Waals surface area contributed by atoms with Crippen molar-refractivity contribution in [2.45, 2.75) is 63.9 Å². The van der Waals surface area contributed by atoms with Crippen molar-refractivity contribution in [3.63, 3.8) is 0 Å². The molecule has 1 saturated heterocycles. The van der Waals surface area contributed by atoms with Crippen molar-refractivity contribution in [1.82, 2.24) is 20.6 Å². The van der Waals surface area contributed by atoms with Crippen LogP contribution in [0, 0.1) is 16.7 Å². The third-order valence-corrected chi connectivity index (χ3v) is 9.38. The van der Waals surface area contributed by atoms with Crippen LogP contribution >= 0.6 is 22.7 Å². The average Bonchev–Trinajstić information content (AvgIpc) is 3.59. The first-order valence-corrected chi connectivity index (χ1v) is 14.1. The number of nitrogens with zero attached hydrogens (tertiary/aromatic N) is 2. The summed E-state index contributed by atoms with van der Waals surface area (Å²) in [5.74, 6) is -2.33. The van der Waals surface area contributed by atoms with Crippen LogP contribution < -0.4 is 22.1 Å². The molecule has 6 unspecified atom stereocenters. The zero-order valence-electron chi connectivity index (χ0n) is 21.3. The van der Waals surface area contributed by atoms with Crippen LogP contribution in [0.2, 0.25) is 0 Å². The van der Waals surface area contributed by atoms with E-state index in [1.807, 2.05) is 0 Å². The van der Waals surface area contributed by atoms with Gasteiger partial charge in [-0.3, -0.25) is 19.2 Å². The summed E-state index contributed by atoms with van der Waals surface area (Å²) in [6.45, 7) is 4.96. The van der Waals surface area contributed by atoms with Crippen LogP contribution in [0.1, 0.15) is 53.2 Å². The minimum absolute atomic E-state index is 0.0219. The smallest absolute Gasteiger partial charge is 0.245 e. The molecule has 1 aliphatic carbocycles. The minimum Gasteiger partial charge on any atom is -0.391 e. The summed E-state index contributed by atoms with van der Waals surface area (Å²) in [6, 6.07) is -3.16.